The Morgan fingerprint density at radius 1 is 1.32 bits per heavy atom. The number of benzene rings is 1. The first-order chi connectivity index (χ1) is 10.4. The zero-order chi connectivity index (χ0) is 16.3. The van der Waals surface area contributed by atoms with Crippen LogP contribution in [0.3, 0.4) is 0 Å². The summed E-state index contributed by atoms with van der Waals surface area (Å²) in [6, 6.07) is 7.76. The van der Waals surface area contributed by atoms with Gasteiger partial charge in [0.25, 0.3) is 11.2 Å². The Bertz CT molecular complexity index is 778. The Labute approximate surface area is 125 Å². The number of carbonyl (C=O) groups is 1. The Hall–Kier alpha value is -2.96. The molecule has 0 unspecified atom stereocenters. The molecule has 2 aromatic rings. The second-order valence-electron chi connectivity index (χ2n) is 4.76. The zero-order valence-electron chi connectivity index (χ0n) is 12.1. The lowest BCUT2D eigenvalue weighted by Gasteiger charge is -2.07. The number of methoxy groups -OCH3 is 1. The molecule has 114 valence electrons. The van der Waals surface area contributed by atoms with E-state index in [1.807, 2.05) is 0 Å². The molecule has 1 heterocycles. The van der Waals surface area contributed by atoms with Crippen LogP contribution in [0.2, 0.25) is 0 Å². The average molecular weight is 302 g/mol. The van der Waals surface area contributed by atoms with Crippen LogP contribution in [-0.4, -0.2) is 22.6 Å². The molecule has 0 atom stereocenters. The van der Waals surface area contributed by atoms with Crippen molar-refractivity contribution in [3.63, 3.8) is 0 Å². The molecule has 0 saturated carbocycles. The van der Waals surface area contributed by atoms with E-state index in [0.717, 1.165) is 5.56 Å². The molecule has 0 aliphatic rings. The Morgan fingerprint density at radius 2 is 1.95 bits per heavy atom. The summed E-state index contributed by atoms with van der Waals surface area (Å²) in [7, 11) is 1.29. The Kier molecular flexibility index (Phi) is 4.36. The van der Waals surface area contributed by atoms with E-state index < -0.39 is 10.9 Å². The van der Waals surface area contributed by atoms with E-state index in [2.05, 4.69) is 4.74 Å². The van der Waals surface area contributed by atoms with E-state index in [9.17, 15) is 19.7 Å². The number of rotatable bonds is 4. The summed E-state index contributed by atoms with van der Waals surface area (Å²) in [4.78, 5) is 33.7. The van der Waals surface area contributed by atoms with Crippen LogP contribution in [0.15, 0.2) is 41.3 Å². The average Bonchev–Trinajstić information content (AvgIpc) is 2.51. The fraction of sp³-hybridized carbons (Fsp3) is 0.200. The van der Waals surface area contributed by atoms with E-state index in [1.165, 1.54) is 30.9 Å². The van der Waals surface area contributed by atoms with Gasteiger partial charge in [0, 0.05) is 11.6 Å². The summed E-state index contributed by atoms with van der Waals surface area (Å²) in [6.07, 6.45) is 1.21. The first-order valence-corrected chi connectivity index (χ1v) is 6.45. The monoisotopic (exact) mass is 302 g/mol. The lowest BCUT2D eigenvalue weighted by atomic mass is 10.1. The Morgan fingerprint density at radius 3 is 2.50 bits per heavy atom. The molecule has 7 nitrogen and oxygen atoms in total. The highest BCUT2D eigenvalue weighted by atomic mass is 16.6. The molecule has 0 spiro atoms. The summed E-state index contributed by atoms with van der Waals surface area (Å²) in [6.45, 7) is 1.72. The zero-order valence-corrected chi connectivity index (χ0v) is 12.1. The van der Waals surface area contributed by atoms with Crippen molar-refractivity contribution in [2.75, 3.05) is 7.11 Å². The maximum Gasteiger partial charge on any atom is 0.337 e. The molecule has 0 radical (unpaired) electrons. The predicted molar refractivity (Wildman–Crippen MR) is 79.0 cm³/mol. The molecule has 1 aromatic heterocycles. The number of hydrogen-bond donors (Lipinski definition) is 0. The summed E-state index contributed by atoms with van der Waals surface area (Å²) < 4.78 is 5.88. The standard InChI is InChI=1S/C15H14N2O5/c1-10-7-13(17(20)21)9-16(14(10)18)8-11-3-5-12(6-4-11)15(19)22-2/h3-7,9H,8H2,1-2H3. The summed E-state index contributed by atoms with van der Waals surface area (Å²) in [5.41, 5.74) is 1.02. The van der Waals surface area contributed by atoms with E-state index in [4.69, 9.17) is 0 Å². The number of esters is 1. The number of aromatic nitrogens is 1. The van der Waals surface area contributed by atoms with Gasteiger partial charge in [-0.1, -0.05) is 12.1 Å². The molecule has 0 fully saturated rings. The van der Waals surface area contributed by atoms with Gasteiger partial charge in [-0.2, -0.15) is 0 Å². The van der Waals surface area contributed by atoms with Crippen LogP contribution >= 0.6 is 0 Å². The highest BCUT2D eigenvalue weighted by molar-refractivity contribution is 5.89. The van der Waals surface area contributed by atoms with Gasteiger partial charge in [-0.15, -0.1) is 0 Å². The molecule has 7 heteroatoms. The number of nitrogens with zero attached hydrogens (tertiary/aromatic N) is 2. The Balaban J connectivity index is 2.32. The van der Waals surface area contributed by atoms with Crippen molar-refractivity contribution >= 4 is 11.7 Å². The smallest absolute Gasteiger partial charge is 0.337 e. The lowest BCUT2D eigenvalue weighted by Crippen LogP contribution is -2.22. The molecule has 22 heavy (non-hydrogen) atoms. The number of nitro groups is 1. The largest absolute Gasteiger partial charge is 0.465 e. The van der Waals surface area contributed by atoms with Crippen molar-refractivity contribution < 1.29 is 14.5 Å². The topological polar surface area (TPSA) is 91.4 Å². The van der Waals surface area contributed by atoms with E-state index >= 15 is 0 Å². The van der Waals surface area contributed by atoms with Gasteiger partial charge in [0.2, 0.25) is 0 Å². The van der Waals surface area contributed by atoms with Crippen LogP contribution in [-0.2, 0) is 11.3 Å². The second kappa shape index (κ2) is 6.21. The number of aryl methyl sites for hydroxylation is 1. The van der Waals surface area contributed by atoms with E-state index in [0.29, 0.717) is 11.1 Å². The first kappa shape index (κ1) is 15.4. The third-order valence-corrected chi connectivity index (χ3v) is 3.19. The van der Waals surface area contributed by atoms with Gasteiger partial charge < -0.3 is 9.30 Å². The lowest BCUT2D eigenvalue weighted by molar-refractivity contribution is -0.385. The normalized spacial score (nSPS) is 10.3. The van der Waals surface area contributed by atoms with E-state index in [1.54, 1.807) is 24.3 Å². The van der Waals surface area contributed by atoms with Crippen molar-refractivity contribution in [3.8, 4) is 0 Å². The van der Waals surface area contributed by atoms with Gasteiger partial charge >= 0.3 is 5.97 Å². The van der Waals surface area contributed by atoms with Gasteiger partial charge in [0.05, 0.1) is 30.3 Å². The molecule has 0 saturated heterocycles. The van der Waals surface area contributed by atoms with Gasteiger partial charge in [-0.05, 0) is 24.6 Å². The van der Waals surface area contributed by atoms with Gasteiger partial charge in [0.1, 0.15) is 0 Å². The summed E-state index contributed by atoms with van der Waals surface area (Å²) in [5, 5.41) is 10.9. The molecule has 1 aromatic carbocycles. The van der Waals surface area contributed by atoms with Crippen molar-refractivity contribution in [2.45, 2.75) is 13.5 Å². The van der Waals surface area contributed by atoms with Crippen molar-refractivity contribution in [1.29, 1.82) is 0 Å². The first-order valence-electron chi connectivity index (χ1n) is 6.45. The SMILES string of the molecule is COC(=O)c1ccc(Cn2cc([N+](=O)[O-])cc(C)c2=O)cc1. The molecule has 0 bridgehead atoms. The third kappa shape index (κ3) is 3.20. The molecule has 2 rings (SSSR count). The third-order valence-electron chi connectivity index (χ3n) is 3.19. The van der Waals surface area contributed by atoms with Gasteiger partial charge in [-0.25, -0.2) is 4.79 Å². The van der Waals surface area contributed by atoms with Crippen LogP contribution in [0.4, 0.5) is 5.69 Å². The minimum Gasteiger partial charge on any atom is -0.465 e. The quantitative estimate of drug-likeness (QED) is 0.488. The second-order valence-corrected chi connectivity index (χ2v) is 4.76. The fourth-order valence-electron chi connectivity index (χ4n) is 2.04. The maximum atomic E-state index is 12.0. The molecule has 0 amide bonds. The van der Waals surface area contributed by atoms with E-state index in [-0.39, 0.29) is 17.8 Å². The number of ether oxygens (including phenoxy) is 1. The minimum atomic E-state index is -0.538. The molecule has 0 aliphatic heterocycles. The number of carbonyl (C=O) groups excluding carboxylic acids is 1. The van der Waals surface area contributed by atoms with Crippen LogP contribution in [0.1, 0.15) is 21.5 Å². The van der Waals surface area contributed by atoms with Gasteiger partial charge in [-0.3, -0.25) is 14.9 Å². The highest BCUT2D eigenvalue weighted by Crippen LogP contribution is 2.12. The fourth-order valence-corrected chi connectivity index (χ4v) is 2.04. The maximum absolute atomic E-state index is 12.0. The van der Waals surface area contributed by atoms with Crippen molar-refractivity contribution in [1.82, 2.24) is 4.57 Å². The van der Waals surface area contributed by atoms with Crippen LogP contribution < -0.4 is 5.56 Å². The van der Waals surface area contributed by atoms with Crippen molar-refractivity contribution in [2.24, 2.45) is 0 Å². The number of hydrogen-bond acceptors (Lipinski definition) is 5. The number of pyridine rings is 1. The summed E-state index contributed by atoms with van der Waals surface area (Å²) in [5.74, 6) is -0.449. The van der Waals surface area contributed by atoms with Crippen LogP contribution in [0.5, 0.6) is 0 Å². The minimum absolute atomic E-state index is 0.136. The molecular formula is C15H14N2O5. The van der Waals surface area contributed by atoms with Crippen LogP contribution in [0.25, 0.3) is 0 Å². The van der Waals surface area contributed by atoms with Crippen molar-refractivity contribution in [3.05, 3.63) is 73.7 Å². The van der Waals surface area contributed by atoms with Gasteiger partial charge in [0.15, 0.2) is 0 Å². The highest BCUT2D eigenvalue weighted by Gasteiger charge is 2.12. The summed E-state index contributed by atoms with van der Waals surface area (Å²) >= 11 is 0. The molecule has 0 N–H and O–H groups in total. The predicted octanol–water partition coefficient (Wildman–Crippen LogP) is 1.90. The van der Waals surface area contributed by atoms with Crippen LogP contribution in [0, 0.1) is 17.0 Å². The molecule has 0 aliphatic carbocycles. The molecular weight excluding hydrogens is 288 g/mol.